The normalized spacial score (nSPS) is 9.47. The van der Waals surface area contributed by atoms with E-state index >= 15 is 0 Å². The molecule has 0 aliphatic rings. The second-order valence-electron chi connectivity index (χ2n) is 3.73. The van der Waals surface area contributed by atoms with Crippen LogP contribution in [0.1, 0.15) is 17.0 Å². The molecule has 0 unspecified atom stereocenters. The van der Waals surface area contributed by atoms with Gasteiger partial charge >= 0.3 is 0 Å². The van der Waals surface area contributed by atoms with Crippen molar-refractivity contribution in [3.05, 3.63) is 46.4 Å². The number of halogens is 1. The summed E-state index contributed by atoms with van der Waals surface area (Å²) >= 11 is 5.84. The summed E-state index contributed by atoms with van der Waals surface area (Å²) in [6.45, 7) is 1.73. The maximum absolute atomic E-state index is 8.95. The molecule has 2 rings (SSSR count). The Hall–Kier alpha value is -2.63. The van der Waals surface area contributed by atoms with Crippen LogP contribution in [0.4, 0.5) is 11.5 Å². The lowest BCUT2D eigenvalue weighted by molar-refractivity contribution is 1.06. The van der Waals surface area contributed by atoms with Gasteiger partial charge in [-0.05, 0) is 25.1 Å². The summed E-state index contributed by atoms with van der Waals surface area (Å²) < 4.78 is 0. The van der Waals surface area contributed by atoms with Gasteiger partial charge in [-0.15, -0.1) is 0 Å². The van der Waals surface area contributed by atoms with E-state index in [9.17, 15) is 0 Å². The summed E-state index contributed by atoms with van der Waals surface area (Å²) in [5, 5.41) is 21.1. The first-order valence-corrected chi connectivity index (χ1v) is 5.72. The summed E-state index contributed by atoms with van der Waals surface area (Å²) in [5.74, 6) is 1.08. The molecule has 0 aliphatic heterocycles. The Balaban J connectivity index is 2.34. The van der Waals surface area contributed by atoms with Crippen molar-refractivity contribution in [2.45, 2.75) is 6.92 Å². The van der Waals surface area contributed by atoms with Crippen LogP contribution in [0.2, 0.25) is 5.15 Å². The van der Waals surface area contributed by atoms with Gasteiger partial charge in [-0.25, -0.2) is 9.97 Å². The molecule has 1 aromatic carbocycles. The first kappa shape index (κ1) is 12.8. The Labute approximate surface area is 115 Å². The molecule has 2 aromatic rings. The number of benzene rings is 1. The Morgan fingerprint density at radius 3 is 2.47 bits per heavy atom. The van der Waals surface area contributed by atoms with E-state index in [1.807, 2.05) is 12.1 Å². The second-order valence-corrected chi connectivity index (χ2v) is 4.12. The smallest absolute Gasteiger partial charge is 0.135 e. The van der Waals surface area contributed by atoms with Crippen molar-refractivity contribution in [2.24, 2.45) is 0 Å². The lowest BCUT2D eigenvalue weighted by atomic mass is 10.1. The fraction of sp³-hybridized carbons (Fsp3) is 0.0769. The summed E-state index contributed by atoms with van der Waals surface area (Å²) in [6, 6.07) is 10.4. The van der Waals surface area contributed by atoms with Crippen LogP contribution in [0.3, 0.4) is 0 Å². The molecular weight excluding hydrogens is 262 g/mol. The van der Waals surface area contributed by atoms with Crippen LogP contribution in [0.5, 0.6) is 0 Å². The molecular formula is C13H8ClN5. The molecule has 6 heteroatoms. The van der Waals surface area contributed by atoms with Crippen LogP contribution in [0, 0.1) is 29.6 Å². The number of anilines is 2. The summed E-state index contributed by atoms with van der Waals surface area (Å²) in [5.41, 5.74) is 1.30. The molecule has 5 nitrogen and oxygen atoms in total. The maximum atomic E-state index is 8.95. The van der Waals surface area contributed by atoms with Crippen LogP contribution in [0.25, 0.3) is 0 Å². The maximum Gasteiger partial charge on any atom is 0.135 e. The van der Waals surface area contributed by atoms with E-state index < -0.39 is 0 Å². The van der Waals surface area contributed by atoms with Crippen molar-refractivity contribution in [3.63, 3.8) is 0 Å². The van der Waals surface area contributed by atoms with Crippen LogP contribution in [-0.2, 0) is 0 Å². The van der Waals surface area contributed by atoms with Crippen molar-refractivity contribution in [1.29, 1.82) is 10.5 Å². The molecule has 0 aliphatic carbocycles. The third-order valence-electron chi connectivity index (χ3n) is 2.34. The van der Waals surface area contributed by atoms with Crippen LogP contribution in [0.15, 0.2) is 24.3 Å². The quantitative estimate of drug-likeness (QED) is 0.847. The highest BCUT2D eigenvalue weighted by Crippen LogP contribution is 2.20. The van der Waals surface area contributed by atoms with E-state index in [0.29, 0.717) is 33.6 Å². The Morgan fingerprint density at radius 2 is 1.84 bits per heavy atom. The zero-order valence-electron chi connectivity index (χ0n) is 9.98. The number of nitrogens with zero attached hydrogens (tertiary/aromatic N) is 4. The molecule has 0 spiro atoms. The van der Waals surface area contributed by atoms with E-state index in [1.165, 1.54) is 0 Å². The summed E-state index contributed by atoms with van der Waals surface area (Å²) in [4.78, 5) is 8.13. The molecule has 0 atom stereocenters. The standard InChI is InChI=1S/C13H8ClN5/c1-8-17-12(14)5-13(18-8)19-11-3-2-9(6-15)10(4-11)7-16/h2-5H,1H3,(H,17,18,19). The zero-order valence-corrected chi connectivity index (χ0v) is 10.7. The van der Waals surface area contributed by atoms with Gasteiger partial charge in [0.15, 0.2) is 0 Å². The molecule has 92 valence electrons. The van der Waals surface area contributed by atoms with E-state index in [1.54, 1.807) is 31.2 Å². The van der Waals surface area contributed by atoms with Gasteiger partial charge in [0.05, 0.1) is 11.1 Å². The third kappa shape index (κ3) is 2.98. The number of hydrogen-bond donors (Lipinski definition) is 1. The van der Waals surface area contributed by atoms with E-state index in [4.69, 9.17) is 22.1 Å². The highest BCUT2D eigenvalue weighted by Gasteiger charge is 2.05. The highest BCUT2D eigenvalue weighted by atomic mass is 35.5. The Bertz CT molecular complexity index is 692. The predicted octanol–water partition coefficient (Wildman–Crippen LogP) is 2.93. The van der Waals surface area contributed by atoms with Crippen molar-refractivity contribution in [1.82, 2.24) is 9.97 Å². The Morgan fingerprint density at radius 1 is 1.11 bits per heavy atom. The predicted molar refractivity (Wildman–Crippen MR) is 70.9 cm³/mol. The number of hydrogen-bond acceptors (Lipinski definition) is 5. The first-order chi connectivity index (χ1) is 9.12. The average Bonchev–Trinajstić information content (AvgIpc) is 2.37. The summed E-state index contributed by atoms with van der Waals surface area (Å²) in [7, 11) is 0. The van der Waals surface area contributed by atoms with E-state index in [-0.39, 0.29) is 0 Å². The fourth-order valence-corrected chi connectivity index (χ4v) is 1.78. The van der Waals surface area contributed by atoms with Crippen molar-refractivity contribution >= 4 is 23.1 Å². The minimum Gasteiger partial charge on any atom is -0.340 e. The van der Waals surface area contributed by atoms with Gasteiger partial charge in [0.2, 0.25) is 0 Å². The number of aryl methyl sites for hydroxylation is 1. The van der Waals surface area contributed by atoms with Crippen molar-refractivity contribution in [3.8, 4) is 12.1 Å². The van der Waals surface area contributed by atoms with Gasteiger partial charge < -0.3 is 5.32 Å². The lowest BCUT2D eigenvalue weighted by Crippen LogP contribution is -1.98. The lowest BCUT2D eigenvalue weighted by Gasteiger charge is -2.07. The van der Waals surface area contributed by atoms with E-state index in [0.717, 1.165) is 0 Å². The molecule has 0 radical (unpaired) electrons. The molecule has 0 saturated heterocycles. The third-order valence-corrected chi connectivity index (χ3v) is 2.53. The molecule has 1 N–H and O–H groups in total. The molecule has 19 heavy (non-hydrogen) atoms. The van der Waals surface area contributed by atoms with Crippen molar-refractivity contribution < 1.29 is 0 Å². The summed E-state index contributed by atoms with van der Waals surface area (Å²) in [6.07, 6.45) is 0. The number of aromatic nitrogens is 2. The average molecular weight is 270 g/mol. The second kappa shape index (κ2) is 5.34. The zero-order chi connectivity index (χ0) is 13.8. The topological polar surface area (TPSA) is 85.4 Å². The number of nitrogens with one attached hydrogen (secondary N) is 1. The van der Waals surface area contributed by atoms with Crippen LogP contribution in [-0.4, -0.2) is 9.97 Å². The molecule has 1 aromatic heterocycles. The van der Waals surface area contributed by atoms with Crippen LogP contribution < -0.4 is 5.32 Å². The monoisotopic (exact) mass is 269 g/mol. The van der Waals surface area contributed by atoms with Gasteiger partial charge in [0.25, 0.3) is 0 Å². The van der Waals surface area contributed by atoms with Crippen LogP contribution >= 0.6 is 11.6 Å². The highest BCUT2D eigenvalue weighted by molar-refractivity contribution is 6.29. The van der Waals surface area contributed by atoms with Gasteiger partial charge in [-0.3, -0.25) is 0 Å². The van der Waals surface area contributed by atoms with Gasteiger partial charge in [-0.1, -0.05) is 11.6 Å². The molecule has 0 fully saturated rings. The minimum atomic E-state index is 0.310. The number of nitriles is 2. The number of rotatable bonds is 2. The van der Waals surface area contributed by atoms with Gasteiger partial charge in [-0.2, -0.15) is 10.5 Å². The largest absolute Gasteiger partial charge is 0.340 e. The molecule has 0 bridgehead atoms. The van der Waals surface area contributed by atoms with Gasteiger partial charge in [0, 0.05) is 11.8 Å². The Kier molecular flexibility index (Phi) is 3.61. The first-order valence-electron chi connectivity index (χ1n) is 5.35. The molecule has 0 saturated carbocycles. The molecule has 1 heterocycles. The van der Waals surface area contributed by atoms with Crippen molar-refractivity contribution in [2.75, 3.05) is 5.32 Å². The molecule has 0 amide bonds. The minimum absolute atomic E-state index is 0.310. The van der Waals surface area contributed by atoms with E-state index in [2.05, 4.69) is 15.3 Å². The SMILES string of the molecule is Cc1nc(Cl)cc(Nc2ccc(C#N)c(C#N)c2)n1. The fourth-order valence-electron chi connectivity index (χ4n) is 1.56. The van der Waals surface area contributed by atoms with Gasteiger partial charge in [0.1, 0.15) is 28.9 Å².